The average molecular weight is 251 g/mol. The van der Waals surface area contributed by atoms with Crippen LogP contribution in [0.1, 0.15) is 30.9 Å². The zero-order valence-electron chi connectivity index (χ0n) is 10.6. The summed E-state index contributed by atoms with van der Waals surface area (Å²) in [5, 5.41) is 3.07. The summed E-state index contributed by atoms with van der Waals surface area (Å²) in [6.07, 6.45) is 0.903. The van der Waals surface area contributed by atoms with Crippen LogP contribution in [-0.4, -0.2) is 29.4 Å². The molecule has 1 aliphatic rings. The first-order valence-electron chi connectivity index (χ1n) is 5.79. The molecule has 0 radical (unpaired) electrons. The third-order valence-corrected chi connectivity index (χ3v) is 3.59. The summed E-state index contributed by atoms with van der Waals surface area (Å²) >= 11 is 1.42. The number of aromatic nitrogens is 2. The van der Waals surface area contributed by atoms with Crippen LogP contribution >= 0.6 is 12.1 Å². The number of nitrogens with one attached hydrogen (secondary N) is 1. The monoisotopic (exact) mass is 251 g/mol. The predicted octanol–water partition coefficient (Wildman–Crippen LogP) is 1.72. The highest BCUT2D eigenvalue weighted by Gasteiger charge is 2.24. The molecule has 2 rings (SSSR count). The molecular weight excluding hydrogens is 234 g/mol. The van der Waals surface area contributed by atoms with Crippen LogP contribution in [0.5, 0.6) is 0 Å². The molecule has 0 aromatic carbocycles. The molecular formula is C11H17N5S. The fraction of sp³-hybridized carbons (Fsp3) is 0.545. The van der Waals surface area contributed by atoms with E-state index in [1.54, 1.807) is 0 Å². The van der Waals surface area contributed by atoms with E-state index in [9.17, 15) is 0 Å². The van der Waals surface area contributed by atoms with Gasteiger partial charge >= 0.3 is 0 Å². The SMILES string of the molecule is CCc1nc2c(nc1C)C(NC)=NSN2CC. The first kappa shape index (κ1) is 12.2. The minimum absolute atomic E-state index is 0.799. The smallest absolute Gasteiger partial charge is 0.170 e. The van der Waals surface area contributed by atoms with Crippen molar-refractivity contribution in [2.24, 2.45) is 4.40 Å². The summed E-state index contributed by atoms with van der Waals surface area (Å²) < 4.78 is 6.44. The number of nitrogens with zero attached hydrogens (tertiary/aromatic N) is 4. The Morgan fingerprint density at radius 1 is 1.29 bits per heavy atom. The molecule has 0 atom stereocenters. The van der Waals surface area contributed by atoms with Gasteiger partial charge in [-0.15, -0.1) is 0 Å². The Balaban J connectivity index is 2.56. The van der Waals surface area contributed by atoms with Gasteiger partial charge in [-0.25, -0.2) is 9.97 Å². The van der Waals surface area contributed by atoms with Gasteiger partial charge in [0, 0.05) is 13.6 Å². The lowest BCUT2D eigenvalue weighted by atomic mass is 10.2. The van der Waals surface area contributed by atoms with Crippen molar-refractivity contribution in [1.82, 2.24) is 15.3 Å². The van der Waals surface area contributed by atoms with Gasteiger partial charge in [-0.05, 0) is 20.3 Å². The number of anilines is 1. The second-order valence-corrected chi connectivity index (χ2v) is 4.53. The van der Waals surface area contributed by atoms with Crippen molar-refractivity contribution in [3.63, 3.8) is 0 Å². The summed E-state index contributed by atoms with van der Waals surface area (Å²) in [6.45, 7) is 7.04. The van der Waals surface area contributed by atoms with Crippen LogP contribution in [0.3, 0.4) is 0 Å². The molecule has 0 fully saturated rings. The van der Waals surface area contributed by atoms with Crippen molar-refractivity contribution >= 4 is 23.8 Å². The minimum Gasteiger partial charge on any atom is -0.371 e. The molecule has 1 N–H and O–H groups in total. The van der Waals surface area contributed by atoms with Gasteiger partial charge < -0.3 is 5.32 Å². The normalized spacial score (nSPS) is 14.4. The molecule has 2 heterocycles. The maximum atomic E-state index is 4.70. The fourth-order valence-electron chi connectivity index (χ4n) is 1.76. The highest BCUT2D eigenvalue weighted by molar-refractivity contribution is 7.99. The summed E-state index contributed by atoms with van der Waals surface area (Å²) in [4.78, 5) is 9.33. The summed E-state index contributed by atoms with van der Waals surface area (Å²) in [6, 6.07) is 0. The van der Waals surface area contributed by atoms with E-state index < -0.39 is 0 Å². The van der Waals surface area contributed by atoms with Crippen LogP contribution in [0.2, 0.25) is 0 Å². The molecule has 0 bridgehead atoms. The minimum atomic E-state index is 0.799. The topological polar surface area (TPSA) is 53.4 Å². The van der Waals surface area contributed by atoms with Crippen molar-refractivity contribution in [2.45, 2.75) is 27.2 Å². The Morgan fingerprint density at radius 3 is 2.65 bits per heavy atom. The Kier molecular flexibility index (Phi) is 3.51. The molecule has 1 aromatic rings. The lowest BCUT2D eigenvalue weighted by Gasteiger charge is -2.25. The molecule has 1 aromatic heterocycles. The molecule has 0 amide bonds. The van der Waals surface area contributed by atoms with Crippen LogP contribution in [-0.2, 0) is 6.42 Å². The molecule has 0 spiro atoms. The molecule has 6 heteroatoms. The molecule has 0 saturated heterocycles. The summed E-state index contributed by atoms with van der Waals surface area (Å²) in [7, 11) is 1.86. The van der Waals surface area contributed by atoms with E-state index in [0.29, 0.717) is 0 Å². The molecule has 92 valence electrons. The maximum Gasteiger partial charge on any atom is 0.170 e. The van der Waals surface area contributed by atoms with Gasteiger partial charge in [-0.3, -0.25) is 4.31 Å². The largest absolute Gasteiger partial charge is 0.371 e. The molecule has 0 unspecified atom stereocenters. The quantitative estimate of drug-likeness (QED) is 0.811. The molecule has 0 aliphatic carbocycles. The van der Waals surface area contributed by atoms with E-state index in [1.807, 2.05) is 14.0 Å². The van der Waals surface area contributed by atoms with E-state index in [1.165, 1.54) is 12.1 Å². The highest BCUT2D eigenvalue weighted by Crippen LogP contribution is 2.30. The highest BCUT2D eigenvalue weighted by atomic mass is 32.2. The molecule has 0 saturated carbocycles. The lowest BCUT2D eigenvalue weighted by molar-refractivity contribution is 0.920. The Bertz CT molecular complexity index is 457. The number of fused-ring (bicyclic) bond motifs is 1. The average Bonchev–Trinajstić information content (AvgIpc) is 2.36. The number of aryl methyl sites for hydroxylation is 2. The van der Waals surface area contributed by atoms with Gasteiger partial charge in [0.25, 0.3) is 0 Å². The lowest BCUT2D eigenvalue weighted by Crippen LogP contribution is -2.30. The molecule has 5 nitrogen and oxygen atoms in total. The van der Waals surface area contributed by atoms with Crippen molar-refractivity contribution in [3.8, 4) is 0 Å². The van der Waals surface area contributed by atoms with E-state index in [0.717, 1.165) is 41.7 Å². The Labute approximate surface area is 106 Å². The number of amidine groups is 1. The van der Waals surface area contributed by atoms with Crippen LogP contribution in [0.15, 0.2) is 4.40 Å². The van der Waals surface area contributed by atoms with Crippen LogP contribution in [0, 0.1) is 6.92 Å². The zero-order chi connectivity index (χ0) is 12.4. The van der Waals surface area contributed by atoms with Crippen molar-refractivity contribution < 1.29 is 0 Å². The van der Waals surface area contributed by atoms with Gasteiger partial charge in [0.1, 0.15) is 5.69 Å². The van der Waals surface area contributed by atoms with Gasteiger partial charge in [0.2, 0.25) is 0 Å². The van der Waals surface area contributed by atoms with Gasteiger partial charge in [-0.1, -0.05) is 6.92 Å². The second kappa shape index (κ2) is 4.91. The Hall–Kier alpha value is -1.30. The summed E-state index contributed by atoms with van der Waals surface area (Å²) in [5.74, 6) is 1.72. The Morgan fingerprint density at radius 2 is 2.06 bits per heavy atom. The van der Waals surface area contributed by atoms with Crippen LogP contribution < -0.4 is 9.62 Å². The van der Waals surface area contributed by atoms with Crippen LogP contribution in [0.4, 0.5) is 5.82 Å². The first-order valence-corrected chi connectivity index (χ1v) is 6.52. The fourth-order valence-corrected chi connectivity index (χ4v) is 2.43. The standard InChI is InChI=1S/C11H17N5S/c1-5-8-7(3)13-9-10(12-4)15-17-16(6-2)11(9)14-8/h5-6H2,1-4H3,(H,12,15). The van der Waals surface area contributed by atoms with E-state index in [-0.39, 0.29) is 0 Å². The van der Waals surface area contributed by atoms with E-state index >= 15 is 0 Å². The zero-order valence-corrected chi connectivity index (χ0v) is 11.4. The van der Waals surface area contributed by atoms with E-state index in [4.69, 9.17) is 4.98 Å². The van der Waals surface area contributed by atoms with Gasteiger partial charge in [0.15, 0.2) is 11.7 Å². The molecule has 1 aliphatic heterocycles. The van der Waals surface area contributed by atoms with Crippen molar-refractivity contribution in [2.75, 3.05) is 17.9 Å². The molecule has 17 heavy (non-hydrogen) atoms. The second-order valence-electron chi connectivity index (χ2n) is 3.75. The maximum absolute atomic E-state index is 4.70. The van der Waals surface area contributed by atoms with E-state index in [2.05, 4.69) is 32.9 Å². The van der Waals surface area contributed by atoms with Crippen molar-refractivity contribution in [3.05, 3.63) is 17.1 Å². The third kappa shape index (κ3) is 2.09. The number of hydrogen-bond donors (Lipinski definition) is 1. The first-order chi connectivity index (χ1) is 8.21. The van der Waals surface area contributed by atoms with Gasteiger partial charge in [0.05, 0.1) is 23.5 Å². The van der Waals surface area contributed by atoms with Crippen LogP contribution in [0.25, 0.3) is 0 Å². The predicted molar refractivity (Wildman–Crippen MR) is 72.4 cm³/mol. The van der Waals surface area contributed by atoms with Crippen molar-refractivity contribution in [1.29, 1.82) is 0 Å². The number of hydrogen-bond acceptors (Lipinski definition) is 6. The third-order valence-electron chi connectivity index (χ3n) is 2.70. The van der Waals surface area contributed by atoms with Gasteiger partial charge in [-0.2, -0.15) is 4.40 Å². The summed E-state index contributed by atoms with van der Waals surface area (Å²) in [5.41, 5.74) is 2.89. The number of rotatable bonds is 2.